The number of phenols is 3. The normalized spacial score (nSPS) is 10.7. The van der Waals surface area contributed by atoms with E-state index in [2.05, 4.69) is 0 Å². The first-order valence-corrected chi connectivity index (χ1v) is 6.24. The Morgan fingerprint density at radius 3 is 2.43 bits per heavy atom. The molecule has 0 atom stereocenters. The van der Waals surface area contributed by atoms with E-state index in [-0.39, 0.29) is 17.2 Å². The van der Waals surface area contributed by atoms with E-state index >= 15 is 0 Å². The average molecular weight is 285 g/mol. The Labute approximate surface area is 120 Å². The lowest BCUT2D eigenvalue weighted by atomic mass is 10.1. The molecule has 106 valence electrons. The number of aromatic hydroxyl groups is 3. The largest absolute Gasteiger partial charge is 0.508 e. The lowest BCUT2D eigenvalue weighted by Crippen LogP contribution is -1.89. The van der Waals surface area contributed by atoms with Gasteiger partial charge >= 0.3 is 11.3 Å². The minimum absolute atomic E-state index is 0.0934. The minimum atomic E-state index is -0.249. The molecule has 3 N–H and O–H groups in total. The minimum Gasteiger partial charge on any atom is -0.508 e. The van der Waals surface area contributed by atoms with Crippen molar-refractivity contribution in [2.45, 2.75) is 0 Å². The number of hydrogen-bond acceptors (Lipinski definition) is 4. The molecule has 0 radical (unpaired) electrons. The summed E-state index contributed by atoms with van der Waals surface area (Å²) in [5.41, 5.74) is 1.03. The molecule has 0 amide bonds. The molecule has 0 bridgehead atoms. The van der Waals surface area contributed by atoms with Crippen LogP contribution >= 0.6 is 0 Å². The second-order valence-corrected chi connectivity index (χ2v) is 4.57. The Kier molecular flexibility index (Phi) is 3.02. The zero-order valence-electron chi connectivity index (χ0n) is 11.2. The molecule has 21 heavy (non-hydrogen) atoms. The predicted molar refractivity (Wildman–Crippen MR) is 77.6 cm³/mol. The predicted octanol–water partition coefficient (Wildman–Crippen LogP) is 3.51. The van der Waals surface area contributed by atoms with Gasteiger partial charge in [-0.3, -0.25) is 0 Å². The second-order valence-electron chi connectivity index (χ2n) is 4.57. The summed E-state index contributed by atoms with van der Waals surface area (Å²) in [4.78, 5) is 0. The molecule has 5 nitrogen and oxygen atoms in total. The van der Waals surface area contributed by atoms with E-state index in [1.807, 2.05) is 0 Å². The Morgan fingerprint density at radius 2 is 1.71 bits per heavy atom. The van der Waals surface area contributed by atoms with Gasteiger partial charge in [-0.2, -0.15) is 0 Å². The smallest absolute Gasteiger partial charge is 0.402 e. The van der Waals surface area contributed by atoms with Crippen LogP contribution in [0.15, 0.2) is 46.9 Å². The zero-order chi connectivity index (χ0) is 15.0. The van der Waals surface area contributed by atoms with Gasteiger partial charge in [0.1, 0.15) is 5.75 Å². The molecular weight excluding hydrogens is 272 g/mol. The van der Waals surface area contributed by atoms with Crippen molar-refractivity contribution in [3.05, 3.63) is 42.5 Å². The van der Waals surface area contributed by atoms with Crippen LogP contribution in [0.3, 0.4) is 0 Å². The average Bonchev–Trinajstić information content (AvgIpc) is 2.48. The van der Waals surface area contributed by atoms with Crippen molar-refractivity contribution >= 4 is 11.0 Å². The van der Waals surface area contributed by atoms with E-state index in [1.54, 1.807) is 24.3 Å². The highest BCUT2D eigenvalue weighted by molar-refractivity contribution is 5.83. The van der Waals surface area contributed by atoms with Gasteiger partial charge in [0.25, 0.3) is 0 Å². The molecule has 1 heterocycles. The topological polar surface area (TPSA) is 81.2 Å². The van der Waals surface area contributed by atoms with Crippen LogP contribution in [0.25, 0.3) is 22.3 Å². The van der Waals surface area contributed by atoms with Crippen molar-refractivity contribution in [3.63, 3.8) is 0 Å². The fourth-order valence-electron chi connectivity index (χ4n) is 2.12. The van der Waals surface area contributed by atoms with Crippen LogP contribution in [0, 0.1) is 0 Å². The molecule has 5 heteroatoms. The van der Waals surface area contributed by atoms with Gasteiger partial charge in [0.2, 0.25) is 5.75 Å². The second kappa shape index (κ2) is 4.86. The first kappa shape index (κ1) is 13.1. The molecule has 0 aliphatic heterocycles. The lowest BCUT2D eigenvalue weighted by molar-refractivity contribution is 0.399. The maximum Gasteiger partial charge on any atom is 0.402 e. The molecule has 0 unspecified atom stereocenters. The third-order valence-electron chi connectivity index (χ3n) is 3.18. The van der Waals surface area contributed by atoms with Crippen molar-refractivity contribution < 1.29 is 24.5 Å². The molecule has 0 saturated carbocycles. The van der Waals surface area contributed by atoms with Crippen molar-refractivity contribution in [2.24, 2.45) is 0 Å². The van der Waals surface area contributed by atoms with Crippen LogP contribution in [0.2, 0.25) is 0 Å². The summed E-state index contributed by atoms with van der Waals surface area (Å²) in [5.74, 6) is 0.511. The first-order chi connectivity index (χ1) is 10.1. The maximum absolute atomic E-state index is 9.61. The van der Waals surface area contributed by atoms with Gasteiger partial charge in [0, 0.05) is 12.1 Å². The van der Waals surface area contributed by atoms with Crippen LogP contribution in [-0.4, -0.2) is 22.4 Å². The SMILES string of the molecule is COc1cc2ccc(O)cc2[o+]c1-c1ccc(O)c(O)c1. The summed E-state index contributed by atoms with van der Waals surface area (Å²) in [7, 11) is 1.51. The number of hydrogen-bond donors (Lipinski definition) is 3. The third kappa shape index (κ3) is 2.29. The van der Waals surface area contributed by atoms with Crippen molar-refractivity contribution in [1.82, 2.24) is 0 Å². The quantitative estimate of drug-likeness (QED) is 0.496. The Balaban J connectivity index is 2.26. The van der Waals surface area contributed by atoms with Gasteiger partial charge in [-0.1, -0.05) is 0 Å². The van der Waals surface area contributed by atoms with Gasteiger partial charge in [-0.25, -0.2) is 4.42 Å². The summed E-state index contributed by atoms with van der Waals surface area (Å²) < 4.78 is 11.1. The number of benzene rings is 2. The standard InChI is InChI=1S/C16H12O5/c1-20-15-7-9-2-4-11(17)8-14(9)21-16(15)10-3-5-12(18)13(19)6-10/h2-8H,1H3,(H2-,17,18,19)/p+1. The summed E-state index contributed by atoms with van der Waals surface area (Å²) in [6.07, 6.45) is 0. The Morgan fingerprint density at radius 1 is 0.905 bits per heavy atom. The van der Waals surface area contributed by atoms with E-state index < -0.39 is 0 Å². The van der Waals surface area contributed by atoms with Crippen LogP contribution in [0.5, 0.6) is 23.0 Å². The van der Waals surface area contributed by atoms with Crippen LogP contribution in [-0.2, 0) is 0 Å². The highest BCUT2D eigenvalue weighted by Crippen LogP contribution is 2.38. The van der Waals surface area contributed by atoms with Gasteiger partial charge < -0.3 is 20.1 Å². The van der Waals surface area contributed by atoms with Crippen molar-refractivity contribution in [3.8, 4) is 34.3 Å². The number of ether oxygens (including phenoxy) is 1. The lowest BCUT2D eigenvalue weighted by Gasteiger charge is -2.02. The molecule has 3 rings (SSSR count). The van der Waals surface area contributed by atoms with Crippen LogP contribution in [0.4, 0.5) is 0 Å². The highest BCUT2D eigenvalue weighted by Gasteiger charge is 2.23. The van der Waals surface area contributed by atoms with Gasteiger partial charge in [-0.05, 0) is 24.3 Å². The third-order valence-corrected chi connectivity index (χ3v) is 3.18. The van der Waals surface area contributed by atoms with Gasteiger partial charge in [0.15, 0.2) is 11.5 Å². The fourth-order valence-corrected chi connectivity index (χ4v) is 2.12. The molecule has 0 fully saturated rings. The van der Waals surface area contributed by atoms with Crippen LogP contribution in [0.1, 0.15) is 0 Å². The molecule has 0 aliphatic carbocycles. The molecular formula is C16H13O5+. The molecule has 0 saturated heterocycles. The van der Waals surface area contributed by atoms with E-state index in [0.717, 1.165) is 5.39 Å². The number of methoxy groups -OCH3 is 1. The van der Waals surface area contributed by atoms with E-state index in [9.17, 15) is 15.3 Å². The number of rotatable bonds is 2. The van der Waals surface area contributed by atoms with Crippen molar-refractivity contribution in [1.29, 1.82) is 0 Å². The Hall–Kier alpha value is -2.95. The van der Waals surface area contributed by atoms with Gasteiger partial charge in [0.05, 0.1) is 24.1 Å². The summed E-state index contributed by atoms with van der Waals surface area (Å²) >= 11 is 0. The maximum atomic E-state index is 9.61. The monoisotopic (exact) mass is 285 g/mol. The molecule has 1 aromatic heterocycles. The highest BCUT2D eigenvalue weighted by atomic mass is 16.5. The zero-order valence-corrected chi connectivity index (χ0v) is 11.2. The summed E-state index contributed by atoms with van der Waals surface area (Å²) in [6, 6.07) is 10.9. The first-order valence-electron chi connectivity index (χ1n) is 6.24. The van der Waals surface area contributed by atoms with E-state index in [1.165, 1.54) is 25.3 Å². The van der Waals surface area contributed by atoms with Crippen molar-refractivity contribution in [2.75, 3.05) is 7.11 Å². The molecule has 0 spiro atoms. The molecule has 0 aliphatic rings. The Bertz CT molecular complexity index is 826. The molecule has 3 aromatic rings. The number of fused-ring (bicyclic) bond motifs is 1. The molecule has 2 aromatic carbocycles. The fraction of sp³-hybridized carbons (Fsp3) is 0.0625. The van der Waals surface area contributed by atoms with E-state index in [0.29, 0.717) is 22.7 Å². The van der Waals surface area contributed by atoms with E-state index in [4.69, 9.17) is 9.15 Å². The summed E-state index contributed by atoms with van der Waals surface area (Å²) in [5, 5.41) is 29.3. The summed E-state index contributed by atoms with van der Waals surface area (Å²) in [6.45, 7) is 0. The van der Waals surface area contributed by atoms with Gasteiger partial charge in [-0.15, -0.1) is 0 Å². The number of phenolic OH excluding ortho intramolecular Hbond substituents is 3. The van der Waals surface area contributed by atoms with Crippen LogP contribution < -0.4 is 4.74 Å².